The smallest absolute Gasteiger partial charge is 0.262 e. The van der Waals surface area contributed by atoms with Crippen LogP contribution in [0.1, 0.15) is 0 Å². The second-order valence-electron chi connectivity index (χ2n) is 4.24. The molecule has 0 amide bonds. The van der Waals surface area contributed by atoms with E-state index in [0.29, 0.717) is 5.75 Å². The SMILES string of the molecule is O=S(=O)(Nc1cc(F)ccc1F)c1ccc2c(c1)OCO2. The number of benzene rings is 2. The molecule has 2 aromatic rings. The fourth-order valence-electron chi connectivity index (χ4n) is 1.82. The topological polar surface area (TPSA) is 64.6 Å². The number of sulfonamides is 1. The maximum atomic E-state index is 13.5. The number of ether oxygens (including phenoxy) is 2. The van der Waals surface area contributed by atoms with Crippen LogP contribution in [0.15, 0.2) is 41.3 Å². The van der Waals surface area contributed by atoms with Gasteiger partial charge in [0.1, 0.15) is 11.6 Å². The van der Waals surface area contributed by atoms with E-state index in [1.807, 2.05) is 4.72 Å². The molecule has 0 saturated heterocycles. The number of halogens is 2. The van der Waals surface area contributed by atoms with E-state index in [-0.39, 0.29) is 17.4 Å². The van der Waals surface area contributed by atoms with Crippen molar-refractivity contribution < 1.29 is 26.7 Å². The van der Waals surface area contributed by atoms with Crippen LogP contribution in [0, 0.1) is 11.6 Å². The Labute approximate surface area is 119 Å². The molecule has 8 heteroatoms. The van der Waals surface area contributed by atoms with Crippen molar-refractivity contribution in [3.63, 3.8) is 0 Å². The number of nitrogens with one attached hydrogen (secondary N) is 1. The molecule has 0 spiro atoms. The van der Waals surface area contributed by atoms with Gasteiger partial charge in [-0.1, -0.05) is 0 Å². The highest BCUT2D eigenvalue weighted by atomic mass is 32.2. The number of anilines is 1. The molecule has 0 aromatic heterocycles. The molecule has 0 atom stereocenters. The summed E-state index contributed by atoms with van der Waals surface area (Å²) in [5.74, 6) is -0.927. The Hall–Kier alpha value is -2.35. The van der Waals surface area contributed by atoms with Crippen LogP contribution in [0.2, 0.25) is 0 Å². The Kier molecular flexibility index (Phi) is 3.17. The summed E-state index contributed by atoms with van der Waals surface area (Å²) in [5.41, 5.74) is -0.465. The van der Waals surface area contributed by atoms with Gasteiger partial charge in [-0.3, -0.25) is 4.72 Å². The standard InChI is InChI=1S/C13H9F2NO4S/c14-8-1-3-10(15)11(5-8)16-21(17,18)9-2-4-12-13(6-9)20-7-19-12/h1-6,16H,7H2. The number of fused-ring (bicyclic) bond motifs is 1. The van der Waals surface area contributed by atoms with E-state index in [9.17, 15) is 17.2 Å². The molecule has 0 aliphatic carbocycles. The van der Waals surface area contributed by atoms with Gasteiger partial charge in [0.2, 0.25) is 6.79 Å². The van der Waals surface area contributed by atoms with Crippen molar-refractivity contribution in [3.8, 4) is 11.5 Å². The van der Waals surface area contributed by atoms with E-state index in [0.717, 1.165) is 18.2 Å². The van der Waals surface area contributed by atoms with Gasteiger partial charge in [-0.2, -0.15) is 0 Å². The first-order chi connectivity index (χ1) is 9.95. The first kappa shape index (κ1) is 13.6. The van der Waals surface area contributed by atoms with Crippen LogP contribution in [-0.4, -0.2) is 15.2 Å². The second kappa shape index (κ2) is 4.88. The third kappa shape index (κ3) is 2.62. The Balaban J connectivity index is 1.95. The zero-order chi connectivity index (χ0) is 15.0. The molecule has 0 bridgehead atoms. The molecule has 0 radical (unpaired) electrons. The molecule has 3 rings (SSSR count). The van der Waals surface area contributed by atoms with E-state index in [1.165, 1.54) is 18.2 Å². The van der Waals surface area contributed by atoms with E-state index in [1.54, 1.807) is 0 Å². The first-order valence-corrected chi connectivity index (χ1v) is 7.31. The van der Waals surface area contributed by atoms with Gasteiger partial charge in [-0.25, -0.2) is 17.2 Å². The van der Waals surface area contributed by atoms with Gasteiger partial charge < -0.3 is 9.47 Å². The average molecular weight is 313 g/mol. The Bertz CT molecular complexity index is 808. The highest BCUT2D eigenvalue weighted by Gasteiger charge is 2.21. The molecule has 21 heavy (non-hydrogen) atoms. The van der Waals surface area contributed by atoms with Crippen LogP contribution in [0.5, 0.6) is 11.5 Å². The van der Waals surface area contributed by atoms with Crippen LogP contribution in [0.25, 0.3) is 0 Å². The van der Waals surface area contributed by atoms with Crippen LogP contribution in [0.4, 0.5) is 14.5 Å². The molecule has 5 nitrogen and oxygen atoms in total. The average Bonchev–Trinajstić information content (AvgIpc) is 2.90. The number of rotatable bonds is 3. The lowest BCUT2D eigenvalue weighted by Gasteiger charge is -2.09. The largest absolute Gasteiger partial charge is 0.454 e. The maximum Gasteiger partial charge on any atom is 0.262 e. The van der Waals surface area contributed by atoms with E-state index < -0.39 is 27.3 Å². The number of hydrogen-bond donors (Lipinski definition) is 1. The van der Waals surface area contributed by atoms with Crippen molar-refractivity contribution in [2.24, 2.45) is 0 Å². The molecule has 0 saturated carbocycles. The fourth-order valence-corrected chi connectivity index (χ4v) is 2.90. The third-order valence-electron chi connectivity index (χ3n) is 2.83. The van der Waals surface area contributed by atoms with Crippen molar-refractivity contribution in [2.75, 3.05) is 11.5 Å². The van der Waals surface area contributed by atoms with Crippen molar-refractivity contribution in [1.29, 1.82) is 0 Å². The maximum absolute atomic E-state index is 13.5. The van der Waals surface area contributed by atoms with E-state index >= 15 is 0 Å². The normalized spacial score (nSPS) is 13.2. The quantitative estimate of drug-likeness (QED) is 0.945. The summed E-state index contributed by atoms with van der Waals surface area (Å²) in [4.78, 5) is -0.143. The van der Waals surface area contributed by atoms with Gasteiger partial charge in [-0.05, 0) is 24.3 Å². The van der Waals surface area contributed by atoms with E-state index in [4.69, 9.17) is 9.47 Å². The minimum atomic E-state index is -4.07. The minimum Gasteiger partial charge on any atom is -0.454 e. The predicted octanol–water partition coefficient (Wildman–Crippen LogP) is 2.49. The molecule has 1 aliphatic heterocycles. The van der Waals surface area contributed by atoms with Gasteiger partial charge in [0.25, 0.3) is 10.0 Å². The predicted molar refractivity (Wildman–Crippen MR) is 69.7 cm³/mol. The van der Waals surface area contributed by atoms with Crippen LogP contribution in [0.3, 0.4) is 0 Å². The molecular weight excluding hydrogens is 304 g/mol. The molecule has 110 valence electrons. The third-order valence-corrected chi connectivity index (χ3v) is 4.19. The molecule has 2 aromatic carbocycles. The molecule has 0 unspecified atom stereocenters. The second-order valence-corrected chi connectivity index (χ2v) is 5.93. The summed E-state index contributed by atoms with van der Waals surface area (Å²) < 4.78 is 63.0. The van der Waals surface area contributed by atoms with Crippen molar-refractivity contribution >= 4 is 15.7 Å². The first-order valence-electron chi connectivity index (χ1n) is 5.83. The Morgan fingerprint density at radius 1 is 1.00 bits per heavy atom. The Morgan fingerprint density at radius 3 is 2.57 bits per heavy atom. The highest BCUT2D eigenvalue weighted by molar-refractivity contribution is 7.92. The van der Waals surface area contributed by atoms with Gasteiger partial charge in [-0.15, -0.1) is 0 Å². The van der Waals surface area contributed by atoms with Gasteiger partial charge in [0.15, 0.2) is 11.5 Å². The molecule has 1 aliphatic rings. The number of hydrogen-bond acceptors (Lipinski definition) is 4. The molecule has 0 fully saturated rings. The zero-order valence-corrected chi connectivity index (χ0v) is 11.3. The van der Waals surface area contributed by atoms with Crippen LogP contribution >= 0.6 is 0 Å². The van der Waals surface area contributed by atoms with E-state index in [2.05, 4.69) is 0 Å². The van der Waals surface area contributed by atoms with Crippen molar-refractivity contribution in [2.45, 2.75) is 4.90 Å². The van der Waals surface area contributed by atoms with Gasteiger partial charge >= 0.3 is 0 Å². The minimum absolute atomic E-state index is 0.00475. The van der Waals surface area contributed by atoms with Crippen LogP contribution in [-0.2, 0) is 10.0 Å². The lowest BCUT2D eigenvalue weighted by Crippen LogP contribution is -2.14. The van der Waals surface area contributed by atoms with Gasteiger partial charge in [0, 0.05) is 12.1 Å². The highest BCUT2D eigenvalue weighted by Crippen LogP contribution is 2.34. The molecule has 1 heterocycles. The van der Waals surface area contributed by atoms with Crippen molar-refractivity contribution in [3.05, 3.63) is 48.0 Å². The zero-order valence-electron chi connectivity index (χ0n) is 10.5. The summed E-state index contributed by atoms with van der Waals surface area (Å²) in [6.07, 6.45) is 0. The summed E-state index contributed by atoms with van der Waals surface area (Å²) in [6, 6.07) is 6.47. The lowest BCUT2D eigenvalue weighted by atomic mass is 10.3. The lowest BCUT2D eigenvalue weighted by molar-refractivity contribution is 0.174. The summed E-state index contributed by atoms with van der Waals surface area (Å²) in [6.45, 7) is 0.00475. The summed E-state index contributed by atoms with van der Waals surface area (Å²) >= 11 is 0. The molecular formula is C13H9F2NO4S. The Morgan fingerprint density at radius 2 is 1.76 bits per heavy atom. The monoisotopic (exact) mass is 313 g/mol. The van der Waals surface area contributed by atoms with Gasteiger partial charge in [0.05, 0.1) is 10.6 Å². The van der Waals surface area contributed by atoms with Crippen molar-refractivity contribution in [1.82, 2.24) is 0 Å². The van der Waals surface area contributed by atoms with Crippen LogP contribution < -0.4 is 14.2 Å². The summed E-state index contributed by atoms with van der Waals surface area (Å²) in [7, 11) is -4.07. The molecule has 1 N–H and O–H groups in total. The fraction of sp³-hybridized carbons (Fsp3) is 0.0769. The summed E-state index contributed by atoms with van der Waals surface area (Å²) in [5, 5.41) is 0.